The number of unbranched alkanes of at least 4 members (excludes halogenated alkanes) is 1. The quantitative estimate of drug-likeness (QED) is 0.279. The van der Waals surface area contributed by atoms with Crippen molar-refractivity contribution in [3.05, 3.63) is 84.0 Å². The fourth-order valence-corrected chi connectivity index (χ4v) is 6.45. The summed E-state index contributed by atoms with van der Waals surface area (Å²) in [5.41, 5.74) is 4.40. The lowest BCUT2D eigenvalue weighted by Crippen LogP contribution is -2.42. The fourth-order valence-electron chi connectivity index (χ4n) is 4.82. The molecular weight excluding hydrogens is 470 g/mol. The lowest BCUT2D eigenvalue weighted by Gasteiger charge is -2.29. The summed E-state index contributed by atoms with van der Waals surface area (Å²) in [6.45, 7) is 2.78. The SMILES string of the molecule is CCCCS[C@]1(c2ccc(-c3ccccc3)cc2)CC(C(=O)OC)N(C(=O)OCC2=CCCC=C2)C1. The Hall–Kier alpha value is -2.99. The van der Waals surface area contributed by atoms with Crippen molar-refractivity contribution in [2.45, 2.75) is 49.8 Å². The molecule has 1 unspecified atom stereocenters. The molecule has 1 fully saturated rings. The highest BCUT2D eigenvalue weighted by Gasteiger charge is 2.51. The second-order valence-corrected chi connectivity index (χ2v) is 10.8. The zero-order chi connectivity index (χ0) is 25.4. The van der Waals surface area contributed by atoms with Gasteiger partial charge >= 0.3 is 12.1 Å². The Morgan fingerprint density at radius 2 is 1.81 bits per heavy atom. The van der Waals surface area contributed by atoms with Gasteiger partial charge in [0.2, 0.25) is 0 Å². The van der Waals surface area contributed by atoms with E-state index in [-0.39, 0.29) is 6.61 Å². The van der Waals surface area contributed by atoms with E-state index in [1.165, 1.54) is 7.11 Å². The number of hydrogen-bond donors (Lipinski definition) is 0. The van der Waals surface area contributed by atoms with Crippen LogP contribution >= 0.6 is 11.8 Å². The van der Waals surface area contributed by atoms with Gasteiger partial charge < -0.3 is 9.47 Å². The summed E-state index contributed by atoms with van der Waals surface area (Å²) >= 11 is 1.83. The number of likely N-dealkylation sites (tertiary alicyclic amines) is 1. The first-order chi connectivity index (χ1) is 17.6. The minimum Gasteiger partial charge on any atom is -0.467 e. The van der Waals surface area contributed by atoms with Crippen LogP contribution in [0.1, 0.15) is 44.6 Å². The zero-order valence-electron chi connectivity index (χ0n) is 21.2. The lowest BCUT2D eigenvalue weighted by atomic mass is 9.93. The first-order valence-corrected chi connectivity index (χ1v) is 13.7. The number of allylic oxidation sites excluding steroid dienone is 2. The Morgan fingerprint density at radius 3 is 2.47 bits per heavy atom. The molecule has 2 aliphatic rings. The molecule has 0 radical (unpaired) electrons. The maximum Gasteiger partial charge on any atom is 0.410 e. The number of amides is 1. The molecule has 0 spiro atoms. The molecule has 6 heteroatoms. The molecule has 2 aromatic carbocycles. The summed E-state index contributed by atoms with van der Waals surface area (Å²) in [7, 11) is 1.38. The summed E-state index contributed by atoms with van der Waals surface area (Å²) in [6, 6.07) is 18.1. The number of carbonyl (C=O) groups excluding carboxylic acids is 2. The van der Waals surface area contributed by atoms with Crippen molar-refractivity contribution < 1.29 is 19.1 Å². The molecule has 1 aliphatic carbocycles. The summed E-state index contributed by atoms with van der Waals surface area (Å²) in [5, 5.41) is 0. The van der Waals surface area contributed by atoms with E-state index in [1.54, 1.807) is 4.90 Å². The number of methoxy groups -OCH3 is 1. The lowest BCUT2D eigenvalue weighted by molar-refractivity contribution is -0.145. The van der Waals surface area contributed by atoms with E-state index in [2.05, 4.69) is 55.5 Å². The smallest absolute Gasteiger partial charge is 0.410 e. The molecule has 1 heterocycles. The van der Waals surface area contributed by atoms with Crippen LogP contribution < -0.4 is 0 Å². The molecule has 0 saturated carbocycles. The molecule has 0 aromatic heterocycles. The highest BCUT2D eigenvalue weighted by atomic mass is 32.2. The van der Waals surface area contributed by atoms with Crippen LogP contribution in [0.15, 0.2) is 78.4 Å². The first kappa shape index (κ1) is 26.1. The topological polar surface area (TPSA) is 55.8 Å². The molecule has 0 N–H and O–H groups in total. The van der Waals surface area contributed by atoms with Crippen molar-refractivity contribution in [3.63, 3.8) is 0 Å². The van der Waals surface area contributed by atoms with E-state index in [0.717, 1.165) is 53.7 Å². The minimum absolute atomic E-state index is 0.210. The van der Waals surface area contributed by atoms with E-state index in [1.807, 2.05) is 36.0 Å². The molecule has 5 nitrogen and oxygen atoms in total. The van der Waals surface area contributed by atoms with E-state index in [0.29, 0.717) is 13.0 Å². The fraction of sp³-hybridized carbons (Fsp3) is 0.400. The van der Waals surface area contributed by atoms with Crippen molar-refractivity contribution in [2.24, 2.45) is 0 Å². The Bertz CT molecular complexity index is 1100. The maximum absolute atomic E-state index is 13.2. The van der Waals surface area contributed by atoms with Crippen LogP contribution in [0.5, 0.6) is 0 Å². The van der Waals surface area contributed by atoms with Gasteiger partial charge in [0.1, 0.15) is 12.6 Å². The molecule has 2 aromatic rings. The largest absolute Gasteiger partial charge is 0.467 e. The van der Waals surface area contributed by atoms with Gasteiger partial charge in [-0.15, -0.1) is 11.8 Å². The number of thioether (sulfide) groups is 1. The van der Waals surface area contributed by atoms with Crippen molar-refractivity contribution >= 4 is 23.8 Å². The minimum atomic E-state index is -0.679. The zero-order valence-corrected chi connectivity index (χ0v) is 22.0. The molecule has 2 atom stereocenters. The maximum atomic E-state index is 13.2. The second-order valence-electron chi connectivity index (χ2n) is 9.32. The number of rotatable bonds is 9. The molecule has 4 rings (SSSR count). The highest BCUT2D eigenvalue weighted by molar-refractivity contribution is 8.00. The van der Waals surface area contributed by atoms with Crippen LogP contribution in [0.25, 0.3) is 11.1 Å². The van der Waals surface area contributed by atoms with Gasteiger partial charge in [0.15, 0.2) is 0 Å². The first-order valence-electron chi connectivity index (χ1n) is 12.7. The summed E-state index contributed by atoms with van der Waals surface area (Å²) in [4.78, 5) is 27.6. The molecule has 36 heavy (non-hydrogen) atoms. The van der Waals surface area contributed by atoms with Gasteiger partial charge in [-0.2, -0.15) is 0 Å². The van der Waals surface area contributed by atoms with Crippen LogP contribution in [-0.2, 0) is 19.0 Å². The predicted molar refractivity (Wildman–Crippen MR) is 146 cm³/mol. The Balaban J connectivity index is 1.59. The van der Waals surface area contributed by atoms with E-state index < -0.39 is 22.9 Å². The average Bonchev–Trinajstić information content (AvgIpc) is 3.34. The van der Waals surface area contributed by atoms with Crippen molar-refractivity contribution in [3.8, 4) is 11.1 Å². The third-order valence-corrected chi connectivity index (χ3v) is 8.44. The van der Waals surface area contributed by atoms with Crippen LogP contribution in [-0.4, -0.2) is 49.0 Å². The Kier molecular flexibility index (Phi) is 8.92. The van der Waals surface area contributed by atoms with Gasteiger partial charge in [0.05, 0.1) is 11.9 Å². The van der Waals surface area contributed by atoms with Crippen LogP contribution in [0, 0.1) is 0 Å². The van der Waals surface area contributed by atoms with Gasteiger partial charge in [-0.3, -0.25) is 4.90 Å². The molecular formula is C30H35NO4S. The number of hydrogen-bond acceptors (Lipinski definition) is 5. The Morgan fingerprint density at radius 1 is 1.06 bits per heavy atom. The van der Waals surface area contributed by atoms with Gasteiger partial charge in [-0.05, 0) is 53.7 Å². The van der Waals surface area contributed by atoms with Crippen molar-refractivity contribution in [2.75, 3.05) is 26.0 Å². The third kappa shape index (κ3) is 6.04. The van der Waals surface area contributed by atoms with Gasteiger partial charge in [0, 0.05) is 6.54 Å². The average molecular weight is 506 g/mol. The van der Waals surface area contributed by atoms with Crippen molar-refractivity contribution in [1.82, 2.24) is 4.90 Å². The summed E-state index contributed by atoms with van der Waals surface area (Å²) < 4.78 is 10.4. The molecule has 1 amide bonds. The number of esters is 1. The normalized spacial score (nSPS) is 21.2. The molecule has 1 aliphatic heterocycles. The Labute approximate surface area is 218 Å². The second kappa shape index (κ2) is 12.3. The highest BCUT2D eigenvalue weighted by Crippen LogP contribution is 2.48. The molecule has 190 valence electrons. The number of nitrogens with zero attached hydrogens (tertiary/aromatic N) is 1. The predicted octanol–water partition coefficient (Wildman–Crippen LogP) is 6.74. The van der Waals surface area contributed by atoms with Gasteiger partial charge in [-0.1, -0.05) is 86.2 Å². The summed E-state index contributed by atoms with van der Waals surface area (Å²) in [5.74, 6) is 0.549. The van der Waals surface area contributed by atoms with E-state index >= 15 is 0 Å². The molecule has 0 bridgehead atoms. The number of benzene rings is 2. The van der Waals surface area contributed by atoms with Crippen LogP contribution in [0.3, 0.4) is 0 Å². The van der Waals surface area contributed by atoms with E-state index in [4.69, 9.17) is 9.47 Å². The summed E-state index contributed by atoms with van der Waals surface area (Å²) in [6.07, 6.45) is 10.3. The van der Waals surface area contributed by atoms with Gasteiger partial charge in [0.25, 0.3) is 0 Å². The van der Waals surface area contributed by atoms with Crippen LogP contribution in [0.4, 0.5) is 4.79 Å². The van der Waals surface area contributed by atoms with Crippen LogP contribution in [0.2, 0.25) is 0 Å². The third-order valence-electron chi connectivity index (χ3n) is 6.86. The number of carbonyl (C=O) groups is 2. The standard InChI is InChI=1S/C30H35NO4S/c1-3-4-19-36-30(26-17-15-25(16-18-26)24-13-9-6-10-14-24)20-27(28(32)34-2)31(22-30)29(33)35-21-23-11-7-5-8-12-23/h6-7,9-18,27H,3-5,8,19-22H2,1-2H3/t27?,30-/m1/s1. The van der Waals surface area contributed by atoms with Gasteiger partial charge in [-0.25, -0.2) is 9.59 Å². The molecule has 1 saturated heterocycles. The van der Waals surface area contributed by atoms with E-state index in [9.17, 15) is 9.59 Å². The monoisotopic (exact) mass is 505 g/mol. The van der Waals surface area contributed by atoms with Crippen molar-refractivity contribution in [1.29, 1.82) is 0 Å². The number of ether oxygens (including phenoxy) is 2.